The molecule has 0 radical (unpaired) electrons. The third kappa shape index (κ3) is 12.0. The molecule has 6 nitrogen and oxygen atoms in total. The Morgan fingerprint density at radius 1 is 0.733 bits per heavy atom. The molecule has 0 fully saturated rings. The zero-order chi connectivity index (χ0) is 23.0. The van der Waals surface area contributed by atoms with Crippen molar-refractivity contribution >= 4 is 39.5 Å². The van der Waals surface area contributed by atoms with Crippen LogP contribution >= 0.6 is 0 Å². The van der Waals surface area contributed by atoms with E-state index in [2.05, 4.69) is 46.5 Å². The fraction of sp³-hybridized carbons (Fsp3) is 0.238. The molecule has 0 aromatic heterocycles. The van der Waals surface area contributed by atoms with E-state index in [4.69, 9.17) is 6.42 Å². The van der Waals surface area contributed by atoms with Gasteiger partial charge in [-0.25, -0.2) is 16.8 Å². The molecule has 2 aromatic carbocycles. The van der Waals surface area contributed by atoms with Crippen molar-refractivity contribution < 1.29 is 16.8 Å². The number of benzene rings is 2. The Balaban J connectivity index is 0.000000311. The molecule has 9 heteroatoms. The van der Waals surface area contributed by atoms with Crippen LogP contribution in [0.4, 0.5) is 11.4 Å². The summed E-state index contributed by atoms with van der Waals surface area (Å²) in [7, 11) is -7.77. The molecule has 0 amide bonds. The molecule has 30 heavy (non-hydrogen) atoms. The van der Waals surface area contributed by atoms with Crippen LogP contribution in [-0.4, -0.2) is 37.4 Å². The van der Waals surface area contributed by atoms with Crippen LogP contribution < -0.4 is 9.44 Å². The third-order valence-corrected chi connectivity index (χ3v) is 5.21. The molecule has 0 aliphatic rings. The Bertz CT molecular complexity index is 1160. The van der Waals surface area contributed by atoms with Gasteiger partial charge in [0, 0.05) is 22.5 Å². The third-order valence-electron chi connectivity index (χ3n) is 3.12. The van der Waals surface area contributed by atoms with Crippen LogP contribution in [0.15, 0.2) is 48.5 Å². The van der Waals surface area contributed by atoms with Gasteiger partial charge in [0.25, 0.3) is 0 Å². The molecule has 0 atom stereocenters. The Kier molecular flexibility index (Phi) is 8.73. The Morgan fingerprint density at radius 3 is 1.40 bits per heavy atom. The molecular formula is C21H26N2O4S2Si. The summed E-state index contributed by atoms with van der Waals surface area (Å²) >= 11 is 0. The van der Waals surface area contributed by atoms with Crippen LogP contribution in [0.2, 0.25) is 19.6 Å². The summed E-state index contributed by atoms with van der Waals surface area (Å²) in [5.41, 5.74) is 5.96. The Labute approximate surface area is 181 Å². The quantitative estimate of drug-likeness (QED) is 0.538. The van der Waals surface area contributed by atoms with Gasteiger partial charge in [-0.05, 0) is 48.5 Å². The van der Waals surface area contributed by atoms with Crippen LogP contribution in [-0.2, 0) is 20.0 Å². The van der Waals surface area contributed by atoms with Gasteiger partial charge in [0.15, 0.2) is 0 Å². The number of rotatable bonds is 4. The van der Waals surface area contributed by atoms with E-state index >= 15 is 0 Å². The fourth-order valence-electron chi connectivity index (χ4n) is 1.94. The molecule has 0 bridgehead atoms. The first-order valence-electron chi connectivity index (χ1n) is 8.82. The van der Waals surface area contributed by atoms with E-state index in [1.165, 1.54) is 0 Å². The minimum Gasteiger partial charge on any atom is -0.284 e. The summed E-state index contributed by atoms with van der Waals surface area (Å²) < 4.78 is 48.4. The van der Waals surface area contributed by atoms with Crippen molar-refractivity contribution in [2.45, 2.75) is 19.6 Å². The van der Waals surface area contributed by atoms with Gasteiger partial charge in [-0.3, -0.25) is 9.44 Å². The van der Waals surface area contributed by atoms with Gasteiger partial charge in [-0.15, -0.1) is 12.0 Å². The van der Waals surface area contributed by atoms with Crippen molar-refractivity contribution in [3.8, 4) is 23.8 Å². The summed E-state index contributed by atoms with van der Waals surface area (Å²) in [6.07, 6.45) is 7.37. The SMILES string of the molecule is C#Cc1ccc(NS(C)(=O)=O)cc1.C[Si](C)(C)C#Cc1ccc(NS(C)(=O)=O)cc1. The van der Waals surface area contributed by atoms with Crippen molar-refractivity contribution in [1.29, 1.82) is 0 Å². The van der Waals surface area contributed by atoms with Gasteiger partial charge in [0.2, 0.25) is 20.0 Å². The maximum absolute atomic E-state index is 11.0. The number of terminal acetylenes is 1. The molecule has 160 valence electrons. The molecule has 2 rings (SSSR count). The molecule has 0 spiro atoms. The van der Waals surface area contributed by atoms with Gasteiger partial charge in [0.1, 0.15) is 8.07 Å². The number of hydrogen-bond donors (Lipinski definition) is 2. The van der Waals surface area contributed by atoms with Crippen LogP contribution in [0.5, 0.6) is 0 Å². The highest BCUT2D eigenvalue weighted by Crippen LogP contribution is 2.11. The average molecular weight is 463 g/mol. The fourth-order valence-corrected chi connectivity index (χ4v) is 3.59. The topological polar surface area (TPSA) is 92.3 Å². The lowest BCUT2D eigenvalue weighted by atomic mass is 10.2. The second kappa shape index (κ2) is 10.3. The highest BCUT2D eigenvalue weighted by atomic mass is 32.2. The highest BCUT2D eigenvalue weighted by Gasteiger charge is 2.07. The minimum absolute atomic E-state index is 0.515. The summed E-state index contributed by atoms with van der Waals surface area (Å²) in [5.74, 6) is 5.55. The summed E-state index contributed by atoms with van der Waals surface area (Å²) in [5, 5.41) is 0. The predicted octanol–water partition coefficient (Wildman–Crippen LogP) is 3.33. The lowest BCUT2D eigenvalue weighted by Crippen LogP contribution is -2.16. The molecule has 2 aromatic rings. The van der Waals surface area contributed by atoms with Crippen molar-refractivity contribution in [3.63, 3.8) is 0 Å². The average Bonchev–Trinajstić information content (AvgIpc) is 2.59. The number of sulfonamides is 2. The number of anilines is 2. The van der Waals surface area contributed by atoms with Crippen molar-refractivity contribution in [2.75, 3.05) is 22.0 Å². The van der Waals surface area contributed by atoms with Crippen molar-refractivity contribution in [3.05, 3.63) is 59.7 Å². The van der Waals surface area contributed by atoms with E-state index in [1.54, 1.807) is 36.4 Å². The smallest absolute Gasteiger partial charge is 0.229 e. The molecule has 0 aliphatic carbocycles. The predicted molar refractivity (Wildman–Crippen MR) is 128 cm³/mol. The first kappa shape index (κ1) is 25.3. The van der Waals surface area contributed by atoms with Gasteiger partial charge in [-0.1, -0.05) is 31.5 Å². The van der Waals surface area contributed by atoms with Crippen molar-refractivity contribution in [1.82, 2.24) is 0 Å². The minimum atomic E-state index is -3.20. The van der Waals surface area contributed by atoms with Gasteiger partial charge < -0.3 is 0 Å². The molecular weight excluding hydrogens is 436 g/mol. The van der Waals surface area contributed by atoms with E-state index < -0.39 is 28.1 Å². The molecule has 0 saturated heterocycles. The van der Waals surface area contributed by atoms with Crippen LogP contribution in [0, 0.1) is 23.8 Å². The lowest BCUT2D eigenvalue weighted by molar-refractivity contribution is 0.605. The zero-order valence-corrected chi connectivity index (χ0v) is 20.3. The van der Waals surface area contributed by atoms with E-state index in [-0.39, 0.29) is 0 Å². The maximum Gasteiger partial charge on any atom is 0.229 e. The van der Waals surface area contributed by atoms with Crippen molar-refractivity contribution in [2.24, 2.45) is 0 Å². The van der Waals surface area contributed by atoms with Gasteiger partial charge >= 0.3 is 0 Å². The number of nitrogens with one attached hydrogen (secondary N) is 2. The summed E-state index contributed by atoms with van der Waals surface area (Å²) in [6, 6.07) is 13.7. The van der Waals surface area contributed by atoms with Crippen LogP contribution in [0.3, 0.4) is 0 Å². The molecule has 2 N–H and O–H groups in total. The van der Waals surface area contributed by atoms with E-state index in [0.717, 1.165) is 23.6 Å². The first-order valence-corrected chi connectivity index (χ1v) is 16.1. The maximum atomic E-state index is 11.0. The van der Waals surface area contributed by atoms with E-state index in [0.29, 0.717) is 11.4 Å². The normalized spacial score (nSPS) is 11.1. The molecule has 0 saturated carbocycles. The standard InChI is InChI=1S/C12H17NO2SSi.C9H9NO2S/c1-16(14,15)13-12-7-5-11(6-8-12)9-10-17(2,3)4;1-3-8-4-6-9(7-5-8)10-13(2,11)12/h5-8,13H,1-4H3;1,4-7,10H,2H3. The second-order valence-electron chi connectivity index (χ2n) is 7.55. The summed E-state index contributed by atoms with van der Waals surface area (Å²) in [4.78, 5) is 0. The second-order valence-corrected chi connectivity index (χ2v) is 15.8. The highest BCUT2D eigenvalue weighted by molar-refractivity contribution is 7.92. The zero-order valence-electron chi connectivity index (χ0n) is 17.6. The first-order chi connectivity index (χ1) is 13.7. The van der Waals surface area contributed by atoms with Crippen LogP contribution in [0.1, 0.15) is 11.1 Å². The largest absolute Gasteiger partial charge is 0.284 e. The molecule has 0 heterocycles. The summed E-state index contributed by atoms with van der Waals surface area (Å²) in [6.45, 7) is 6.54. The Hall–Kier alpha value is -2.72. The van der Waals surface area contributed by atoms with Gasteiger partial charge in [0.05, 0.1) is 12.5 Å². The molecule has 0 unspecified atom stereocenters. The van der Waals surface area contributed by atoms with Gasteiger partial charge in [-0.2, -0.15) is 0 Å². The number of hydrogen-bond acceptors (Lipinski definition) is 4. The monoisotopic (exact) mass is 462 g/mol. The molecule has 0 aliphatic heterocycles. The Morgan fingerprint density at radius 2 is 1.10 bits per heavy atom. The van der Waals surface area contributed by atoms with Crippen LogP contribution in [0.25, 0.3) is 0 Å². The lowest BCUT2D eigenvalue weighted by Gasteiger charge is -2.04. The van der Waals surface area contributed by atoms with E-state index in [9.17, 15) is 16.8 Å². The van der Waals surface area contributed by atoms with E-state index in [1.807, 2.05) is 12.1 Å².